The Labute approximate surface area is 303 Å². The molecule has 1 spiro atoms. The average molecular weight is 701 g/mol. The van der Waals surface area contributed by atoms with E-state index in [0.717, 1.165) is 109 Å². The first kappa shape index (κ1) is 33.6. The summed E-state index contributed by atoms with van der Waals surface area (Å²) in [6.07, 6.45) is 6.39. The quantitative estimate of drug-likeness (QED) is 0.169. The molecular formula is C40H44N8O4. The number of H-pyrrole nitrogens is 1. The number of aromatic amines is 1. The van der Waals surface area contributed by atoms with Gasteiger partial charge >= 0.3 is 0 Å². The van der Waals surface area contributed by atoms with Crippen molar-refractivity contribution in [3.8, 4) is 22.5 Å². The SMILES string of the molecule is CN(C=O)c1cc(CCN2CCN(c3ccc(-c4cc(-c5cc6c([nH]5)C5(CC5)CNC6=O)ccn4)cc3)CC2)ccc1N(C)C1CCC(=O)NC1=O. The molecule has 0 radical (unpaired) electrons. The second-order valence-corrected chi connectivity index (χ2v) is 14.6. The number of hydrogen-bond donors (Lipinski definition) is 3. The lowest BCUT2D eigenvalue weighted by atomic mass is 9.95. The second kappa shape index (κ2) is 13.6. The Kier molecular flexibility index (Phi) is 8.78. The van der Waals surface area contributed by atoms with Crippen molar-refractivity contribution in [3.63, 3.8) is 0 Å². The van der Waals surface area contributed by atoms with Gasteiger partial charge in [0.05, 0.1) is 22.6 Å². The molecule has 4 aliphatic rings. The van der Waals surface area contributed by atoms with Crippen molar-refractivity contribution in [2.75, 3.05) is 68.1 Å². The number of anilines is 3. The normalized spacial score (nSPS) is 19.5. The monoisotopic (exact) mass is 700 g/mol. The van der Waals surface area contributed by atoms with E-state index in [4.69, 9.17) is 0 Å². The molecule has 1 atom stereocenters. The van der Waals surface area contributed by atoms with E-state index < -0.39 is 6.04 Å². The molecule has 4 aromatic rings. The van der Waals surface area contributed by atoms with Crippen molar-refractivity contribution in [3.05, 3.63) is 83.7 Å². The Balaban J connectivity index is 0.875. The number of piperazine rings is 1. The maximum absolute atomic E-state index is 12.6. The molecule has 2 aromatic carbocycles. The number of imide groups is 1. The number of amides is 4. The van der Waals surface area contributed by atoms with Crippen LogP contribution in [0.25, 0.3) is 22.5 Å². The highest BCUT2D eigenvalue weighted by molar-refractivity contribution is 6.02. The minimum absolute atomic E-state index is 0.00162. The molecule has 1 unspecified atom stereocenters. The van der Waals surface area contributed by atoms with Crippen LogP contribution in [0.5, 0.6) is 0 Å². The Morgan fingerprint density at radius 3 is 2.44 bits per heavy atom. The van der Waals surface area contributed by atoms with Crippen LogP contribution in [-0.4, -0.2) is 98.4 Å². The van der Waals surface area contributed by atoms with Crippen molar-refractivity contribution in [1.82, 2.24) is 25.5 Å². The minimum Gasteiger partial charge on any atom is -0.369 e. The van der Waals surface area contributed by atoms with E-state index >= 15 is 0 Å². The lowest BCUT2D eigenvalue weighted by Gasteiger charge is -2.36. The van der Waals surface area contributed by atoms with Gasteiger partial charge in [-0.05, 0) is 73.7 Å². The number of benzene rings is 2. The minimum atomic E-state index is -0.472. The number of carbonyl (C=O) groups excluding carboxylic acids is 4. The summed E-state index contributed by atoms with van der Waals surface area (Å²) in [6, 6.07) is 20.3. The first-order valence-corrected chi connectivity index (χ1v) is 18.1. The number of nitrogens with one attached hydrogen (secondary N) is 3. The molecule has 8 rings (SSSR count). The van der Waals surface area contributed by atoms with Crippen LogP contribution in [0.2, 0.25) is 0 Å². The highest BCUT2D eigenvalue weighted by Gasteiger charge is 2.50. The molecule has 52 heavy (non-hydrogen) atoms. The lowest BCUT2D eigenvalue weighted by Crippen LogP contribution is -2.51. The van der Waals surface area contributed by atoms with Gasteiger partial charge in [0, 0.05) is 99.6 Å². The van der Waals surface area contributed by atoms with Gasteiger partial charge in [-0.1, -0.05) is 18.2 Å². The van der Waals surface area contributed by atoms with Gasteiger partial charge in [-0.2, -0.15) is 0 Å². The summed E-state index contributed by atoms with van der Waals surface area (Å²) >= 11 is 0. The van der Waals surface area contributed by atoms with E-state index in [1.54, 1.807) is 7.05 Å². The summed E-state index contributed by atoms with van der Waals surface area (Å²) in [5, 5.41) is 5.48. The highest BCUT2D eigenvalue weighted by Crippen LogP contribution is 2.50. The fraction of sp³-hybridized carbons (Fsp3) is 0.375. The predicted molar refractivity (Wildman–Crippen MR) is 201 cm³/mol. The fourth-order valence-corrected chi connectivity index (χ4v) is 7.92. The summed E-state index contributed by atoms with van der Waals surface area (Å²) in [5.41, 5.74) is 9.67. The van der Waals surface area contributed by atoms with E-state index in [1.807, 2.05) is 42.4 Å². The summed E-state index contributed by atoms with van der Waals surface area (Å²) in [7, 11) is 3.55. The molecule has 12 nitrogen and oxygen atoms in total. The van der Waals surface area contributed by atoms with E-state index in [0.29, 0.717) is 19.4 Å². The Bertz CT molecular complexity index is 2030. The third kappa shape index (κ3) is 6.43. The molecular weight excluding hydrogens is 656 g/mol. The van der Waals surface area contributed by atoms with Crippen LogP contribution in [0, 0.1) is 0 Å². The number of pyridine rings is 1. The lowest BCUT2D eigenvalue weighted by molar-refractivity contribution is -0.134. The van der Waals surface area contributed by atoms with Crippen LogP contribution in [0.3, 0.4) is 0 Å². The summed E-state index contributed by atoms with van der Waals surface area (Å²) in [5.74, 6) is -0.558. The zero-order valence-electron chi connectivity index (χ0n) is 29.7. The van der Waals surface area contributed by atoms with Crippen molar-refractivity contribution in [1.29, 1.82) is 0 Å². The highest BCUT2D eigenvalue weighted by atomic mass is 16.2. The molecule has 1 saturated carbocycles. The third-order valence-corrected chi connectivity index (χ3v) is 11.4. The zero-order chi connectivity index (χ0) is 36.0. The van der Waals surface area contributed by atoms with Gasteiger partial charge in [0.15, 0.2) is 0 Å². The van der Waals surface area contributed by atoms with Crippen molar-refractivity contribution < 1.29 is 19.2 Å². The molecule has 2 saturated heterocycles. The first-order chi connectivity index (χ1) is 25.2. The number of likely N-dealkylation sites (N-methyl/N-ethyl adjacent to an activating group) is 1. The molecule has 3 fully saturated rings. The molecule has 4 amide bonds. The van der Waals surface area contributed by atoms with E-state index in [9.17, 15) is 19.2 Å². The predicted octanol–water partition coefficient (Wildman–Crippen LogP) is 3.72. The topological polar surface area (TPSA) is 134 Å². The Morgan fingerprint density at radius 2 is 1.71 bits per heavy atom. The number of nitrogens with zero attached hydrogens (tertiary/aromatic N) is 5. The fourth-order valence-electron chi connectivity index (χ4n) is 7.92. The van der Waals surface area contributed by atoms with Crippen LogP contribution in [-0.2, 0) is 26.2 Å². The van der Waals surface area contributed by atoms with Gasteiger partial charge in [0.25, 0.3) is 5.91 Å². The molecule has 5 heterocycles. The number of rotatable bonds is 10. The first-order valence-electron chi connectivity index (χ1n) is 18.1. The number of hydrogen-bond acceptors (Lipinski definition) is 8. The number of aromatic nitrogens is 2. The third-order valence-electron chi connectivity index (χ3n) is 11.4. The maximum Gasteiger partial charge on any atom is 0.253 e. The van der Waals surface area contributed by atoms with E-state index in [1.165, 1.54) is 10.6 Å². The Hall–Kier alpha value is -5.49. The van der Waals surface area contributed by atoms with Crippen LogP contribution in [0.4, 0.5) is 17.1 Å². The smallest absolute Gasteiger partial charge is 0.253 e. The molecule has 3 aliphatic heterocycles. The van der Waals surface area contributed by atoms with Crippen LogP contribution >= 0.6 is 0 Å². The van der Waals surface area contributed by atoms with Crippen molar-refractivity contribution >= 4 is 41.2 Å². The van der Waals surface area contributed by atoms with Crippen LogP contribution in [0.15, 0.2) is 66.9 Å². The van der Waals surface area contributed by atoms with Gasteiger partial charge in [-0.15, -0.1) is 0 Å². The molecule has 3 N–H and O–H groups in total. The second-order valence-electron chi connectivity index (χ2n) is 14.6. The molecule has 268 valence electrons. The number of fused-ring (bicyclic) bond motifs is 2. The summed E-state index contributed by atoms with van der Waals surface area (Å²) < 4.78 is 0. The molecule has 12 heteroatoms. The van der Waals surface area contributed by atoms with E-state index in [-0.39, 0.29) is 23.1 Å². The van der Waals surface area contributed by atoms with Crippen LogP contribution in [0.1, 0.15) is 47.3 Å². The van der Waals surface area contributed by atoms with Gasteiger partial charge in [-0.3, -0.25) is 34.4 Å². The average Bonchev–Trinajstić information content (AvgIpc) is 3.80. The number of carbonyl (C=O) groups is 4. The Morgan fingerprint density at radius 1 is 0.923 bits per heavy atom. The zero-order valence-corrected chi connectivity index (χ0v) is 29.7. The van der Waals surface area contributed by atoms with Gasteiger partial charge in [0.2, 0.25) is 18.2 Å². The van der Waals surface area contributed by atoms with Gasteiger partial charge in [-0.25, -0.2) is 0 Å². The van der Waals surface area contributed by atoms with Crippen LogP contribution < -0.4 is 25.3 Å². The standard InChI is InChI=1S/C40H44N8O4/c1-45(25-49)35-21-26(3-8-33(35)46(2)34-9-10-36(50)44-39(34)52)12-16-47-17-19-48(20-18-47)29-6-4-27(5-7-29)31-22-28(11-15-41-31)32-23-30-37(43-32)40(13-14-40)24-42-38(30)51/h3-8,11,15,21-23,25,34,43H,9-10,12-14,16-20,24H2,1-2H3,(H,42,51)(H,44,50,52). The van der Waals surface area contributed by atoms with Crippen molar-refractivity contribution in [2.24, 2.45) is 0 Å². The van der Waals surface area contributed by atoms with Gasteiger partial charge in [0.1, 0.15) is 6.04 Å². The molecule has 1 aliphatic carbocycles. The van der Waals surface area contributed by atoms with Crippen molar-refractivity contribution in [2.45, 2.75) is 43.6 Å². The molecule has 0 bridgehead atoms. The maximum atomic E-state index is 12.6. The summed E-state index contributed by atoms with van der Waals surface area (Å²) in [6.45, 7) is 5.36. The number of piperidine rings is 1. The summed E-state index contributed by atoms with van der Waals surface area (Å²) in [4.78, 5) is 65.1. The van der Waals surface area contributed by atoms with Gasteiger partial charge < -0.3 is 25.0 Å². The van der Waals surface area contributed by atoms with E-state index in [2.05, 4.69) is 66.8 Å². The largest absolute Gasteiger partial charge is 0.369 e. The molecule has 2 aromatic heterocycles.